The van der Waals surface area contributed by atoms with Crippen LogP contribution in [-0.2, 0) is 13.1 Å². The van der Waals surface area contributed by atoms with Gasteiger partial charge in [0.15, 0.2) is 0 Å². The number of hydrogen-bond donors (Lipinski definition) is 1. The highest BCUT2D eigenvalue weighted by Gasteiger charge is 2.13. The molecule has 1 N–H and O–H groups in total. The molecule has 2 nitrogen and oxygen atoms in total. The predicted octanol–water partition coefficient (Wildman–Crippen LogP) is 2.94. The lowest BCUT2D eigenvalue weighted by molar-refractivity contribution is 0.202. The molecule has 1 unspecified atom stereocenters. The van der Waals surface area contributed by atoms with Gasteiger partial charge in [-0.1, -0.05) is 13.8 Å². The SMILES string of the molecule is CNCc1ccc(CN(C)C(C)C(C)C)s1. The largest absolute Gasteiger partial charge is 0.315 e. The topological polar surface area (TPSA) is 15.3 Å². The Labute approximate surface area is 104 Å². The summed E-state index contributed by atoms with van der Waals surface area (Å²) < 4.78 is 0. The maximum atomic E-state index is 3.19. The molecule has 16 heavy (non-hydrogen) atoms. The number of rotatable bonds is 6. The lowest BCUT2D eigenvalue weighted by Crippen LogP contribution is -2.32. The van der Waals surface area contributed by atoms with Gasteiger partial charge in [-0.3, -0.25) is 4.90 Å². The quantitative estimate of drug-likeness (QED) is 0.822. The van der Waals surface area contributed by atoms with Crippen LogP contribution in [0.2, 0.25) is 0 Å². The molecule has 1 aromatic rings. The summed E-state index contributed by atoms with van der Waals surface area (Å²) in [5.41, 5.74) is 0. The first-order valence-corrected chi connectivity index (χ1v) is 6.78. The van der Waals surface area contributed by atoms with Crippen LogP contribution in [0.15, 0.2) is 12.1 Å². The molecule has 0 spiro atoms. The van der Waals surface area contributed by atoms with E-state index in [1.807, 2.05) is 18.4 Å². The smallest absolute Gasteiger partial charge is 0.0327 e. The second-order valence-corrected chi connectivity index (χ2v) is 6.05. The Morgan fingerprint density at radius 3 is 2.44 bits per heavy atom. The molecule has 0 aliphatic heterocycles. The molecule has 1 heterocycles. The number of nitrogens with one attached hydrogen (secondary N) is 1. The highest BCUT2D eigenvalue weighted by molar-refractivity contribution is 7.11. The fourth-order valence-electron chi connectivity index (χ4n) is 1.68. The van der Waals surface area contributed by atoms with Gasteiger partial charge in [0.05, 0.1) is 0 Å². The van der Waals surface area contributed by atoms with E-state index in [4.69, 9.17) is 0 Å². The van der Waals surface area contributed by atoms with Gasteiger partial charge in [0.2, 0.25) is 0 Å². The van der Waals surface area contributed by atoms with Crippen molar-refractivity contribution in [2.24, 2.45) is 5.92 Å². The van der Waals surface area contributed by atoms with Crippen LogP contribution in [0, 0.1) is 5.92 Å². The zero-order valence-electron chi connectivity index (χ0n) is 11.1. The van der Waals surface area contributed by atoms with E-state index in [0.29, 0.717) is 12.0 Å². The number of nitrogens with zero attached hydrogens (tertiary/aromatic N) is 1. The van der Waals surface area contributed by atoms with Crippen molar-refractivity contribution >= 4 is 11.3 Å². The minimum Gasteiger partial charge on any atom is -0.315 e. The first-order chi connectivity index (χ1) is 7.54. The van der Waals surface area contributed by atoms with Crippen molar-refractivity contribution < 1.29 is 0 Å². The van der Waals surface area contributed by atoms with Crippen molar-refractivity contribution in [2.75, 3.05) is 14.1 Å². The molecule has 0 fully saturated rings. The van der Waals surface area contributed by atoms with Crippen LogP contribution in [-0.4, -0.2) is 25.0 Å². The Morgan fingerprint density at radius 1 is 1.25 bits per heavy atom. The maximum absolute atomic E-state index is 3.19. The molecule has 92 valence electrons. The first-order valence-electron chi connectivity index (χ1n) is 5.97. The molecule has 0 bridgehead atoms. The fraction of sp³-hybridized carbons (Fsp3) is 0.692. The van der Waals surface area contributed by atoms with E-state index in [2.05, 4.69) is 50.2 Å². The minimum atomic E-state index is 0.634. The van der Waals surface area contributed by atoms with E-state index >= 15 is 0 Å². The first kappa shape index (κ1) is 13.7. The normalized spacial score (nSPS) is 13.7. The van der Waals surface area contributed by atoms with Gasteiger partial charge in [0.25, 0.3) is 0 Å². The standard InChI is InChI=1S/C13H24N2S/c1-10(2)11(3)15(5)9-13-7-6-12(16-13)8-14-4/h6-7,10-11,14H,8-9H2,1-5H3. The van der Waals surface area contributed by atoms with Crippen LogP contribution >= 0.6 is 11.3 Å². The lowest BCUT2D eigenvalue weighted by Gasteiger charge is -2.27. The highest BCUT2D eigenvalue weighted by atomic mass is 32.1. The van der Waals surface area contributed by atoms with Crippen LogP contribution in [0.3, 0.4) is 0 Å². The Hall–Kier alpha value is -0.380. The molecular weight excluding hydrogens is 216 g/mol. The van der Waals surface area contributed by atoms with Crippen molar-refractivity contribution in [3.8, 4) is 0 Å². The van der Waals surface area contributed by atoms with Gasteiger partial charge in [-0.05, 0) is 39.1 Å². The van der Waals surface area contributed by atoms with Gasteiger partial charge in [0, 0.05) is 28.9 Å². The van der Waals surface area contributed by atoms with Gasteiger partial charge in [0.1, 0.15) is 0 Å². The zero-order chi connectivity index (χ0) is 12.1. The molecule has 0 radical (unpaired) electrons. The van der Waals surface area contributed by atoms with E-state index in [9.17, 15) is 0 Å². The predicted molar refractivity (Wildman–Crippen MR) is 72.8 cm³/mol. The Balaban J connectivity index is 2.52. The molecule has 1 atom stereocenters. The highest BCUT2D eigenvalue weighted by Crippen LogP contribution is 2.19. The Bertz CT molecular complexity index is 307. The van der Waals surface area contributed by atoms with Gasteiger partial charge in [-0.15, -0.1) is 11.3 Å². The van der Waals surface area contributed by atoms with Crippen LogP contribution in [0.1, 0.15) is 30.5 Å². The zero-order valence-corrected chi connectivity index (χ0v) is 11.9. The Morgan fingerprint density at radius 2 is 1.88 bits per heavy atom. The van der Waals surface area contributed by atoms with E-state index < -0.39 is 0 Å². The van der Waals surface area contributed by atoms with Crippen molar-refractivity contribution in [1.82, 2.24) is 10.2 Å². The minimum absolute atomic E-state index is 0.634. The van der Waals surface area contributed by atoms with Crippen molar-refractivity contribution in [3.63, 3.8) is 0 Å². The summed E-state index contributed by atoms with van der Waals surface area (Å²) in [6, 6.07) is 5.11. The van der Waals surface area contributed by atoms with Crippen molar-refractivity contribution in [3.05, 3.63) is 21.9 Å². The van der Waals surface area contributed by atoms with Crippen molar-refractivity contribution in [1.29, 1.82) is 0 Å². The van der Waals surface area contributed by atoms with Crippen LogP contribution in [0.5, 0.6) is 0 Å². The molecular formula is C13H24N2S. The molecule has 0 aromatic carbocycles. The van der Waals surface area contributed by atoms with Crippen LogP contribution < -0.4 is 5.32 Å². The summed E-state index contributed by atoms with van der Waals surface area (Å²) in [5.74, 6) is 0.710. The third kappa shape index (κ3) is 3.89. The molecule has 0 amide bonds. The number of thiophene rings is 1. The van der Waals surface area contributed by atoms with E-state index in [1.165, 1.54) is 9.75 Å². The fourth-order valence-corrected chi connectivity index (χ4v) is 2.77. The number of hydrogen-bond acceptors (Lipinski definition) is 3. The van der Waals surface area contributed by atoms with Gasteiger partial charge < -0.3 is 5.32 Å². The van der Waals surface area contributed by atoms with Crippen LogP contribution in [0.4, 0.5) is 0 Å². The van der Waals surface area contributed by atoms with E-state index in [1.54, 1.807) is 0 Å². The summed E-state index contributed by atoms with van der Waals surface area (Å²) in [7, 11) is 4.20. The monoisotopic (exact) mass is 240 g/mol. The summed E-state index contributed by atoms with van der Waals surface area (Å²) >= 11 is 1.91. The van der Waals surface area contributed by atoms with E-state index in [-0.39, 0.29) is 0 Å². The second-order valence-electron chi connectivity index (χ2n) is 4.80. The average Bonchev–Trinajstić information content (AvgIpc) is 2.65. The third-order valence-corrected chi connectivity index (χ3v) is 4.20. The maximum Gasteiger partial charge on any atom is 0.0327 e. The molecule has 1 rings (SSSR count). The van der Waals surface area contributed by atoms with Gasteiger partial charge >= 0.3 is 0 Å². The lowest BCUT2D eigenvalue weighted by atomic mass is 10.1. The molecule has 3 heteroatoms. The molecule has 0 saturated heterocycles. The molecule has 1 aromatic heterocycles. The third-order valence-electron chi connectivity index (χ3n) is 3.13. The second kappa shape index (κ2) is 6.38. The molecule has 0 aliphatic rings. The van der Waals surface area contributed by atoms with E-state index in [0.717, 1.165) is 13.1 Å². The summed E-state index contributed by atoms with van der Waals surface area (Å²) in [4.78, 5) is 5.31. The molecule has 0 saturated carbocycles. The van der Waals surface area contributed by atoms with Gasteiger partial charge in [-0.2, -0.15) is 0 Å². The Kier molecular flexibility index (Phi) is 5.46. The summed E-state index contributed by atoms with van der Waals surface area (Å²) in [5, 5.41) is 3.19. The summed E-state index contributed by atoms with van der Waals surface area (Å²) in [6.07, 6.45) is 0. The average molecular weight is 240 g/mol. The molecule has 0 aliphatic carbocycles. The van der Waals surface area contributed by atoms with Gasteiger partial charge in [-0.25, -0.2) is 0 Å². The van der Waals surface area contributed by atoms with Crippen LogP contribution in [0.25, 0.3) is 0 Å². The van der Waals surface area contributed by atoms with Crippen molar-refractivity contribution in [2.45, 2.75) is 39.9 Å². The summed E-state index contributed by atoms with van der Waals surface area (Å²) in [6.45, 7) is 8.90.